The predicted molar refractivity (Wildman–Crippen MR) is 92.2 cm³/mol. The highest BCUT2D eigenvalue weighted by molar-refractivity contribution is 6.30. The summed E-state index contributed by atoms with van der Waals surface area (Å²) in [5, 5.41) is -0.0222. The number of hydrogen-bond acceptors (Lipinski definition) is 4. The van der Waals surface area contributed by atoms with Crippen LogP contribution in [0.1, 0.15) is 30.0 Å². The second-order valence-electron chi connectivity index (χ2n) is 6.11. The minimum atomic E-state index is -0.512. The van der Waals surface area contributed by atoms with Gasteiger partial charge in [0.05, 0.1) is 5.02 Å². The fourth-order valence-corrected chi connectivity index (χ4v) is 3.21. The monoisotopic (exact) mass is 363 g/mol. The molecule has 1 aromatic heterocycles. The summed E-state index contributed by atoms with van der Waals surface area (Å²) in [4.78, 5) is 22.5. The normalized spacial score (nSPS) is 15.2. The number of ether oxygens (including phenoxy) is 1. The van der Waals surface area contributed by atoms with Gasteiger partial charge in [-0.2, -0.15) is 0 Å². The first-order valence-electron chi connectivity index (χ1n) is 8.16. The number of benzene rings is 1. The molecule has 132 valence electrons. The molecule has 0 saturated carbocycles. The molecule has 0 N–H and O–H groups in total. The molecular weight excluding hydrogens is 345 g/mol. The Bertz CT molecular complexity index is 764. The van der Waals surface area contributed by atoms with Gasteiger partial charge in [-0.25, -0.2) is 14.4 Å². The second kappa shape index (κ2) is 7.78. The fourth-order valence-electron chi connectivity index (χ4n) is 3.04. The molecule has 25 heavy (non-hydrogen) atoms. The van der Waals surface area contributed by atoms with Crippen molar-refractivity contribution in [3.8, 4) is 5.75 Å². The van der Waals surface area contributed by atoms with Crippen molar-refractivity contribution in [2.45, 2.75) is 25.7 Å². The molecule has 1 aliphatic rings. The zero-order valence-corrected chi connectivity index (χ0v) is 14.7. The van der Waals surface area contributed by atoms with Gasteiger partial charge in [0.25, 0.3) is 5.91 Å². The summed E-state index contributed by atoms with van der Waals surface area (Å²) in [6, 6.07) is 4.05. The first kappa shape index (κ1) is 17.6. The highest BCUT2D eigenvalue weighted by Crippen LogP contribution is 2.28. The average Bonchev–Trinajstić information content (AvgIpc) is 2.63. The van der Waals surface area contributed by atoms with Crippen LogP contribution < -0.4 is 4.74 Å². The Labute approximate surface area is 150 Å². The number of carbonyl (C=O) groups is 1. The van der Waals surface area contributed by atoms with Gasteiger partial charge in [-0.15, -0.1) is 0 Å². The molecule has 3 rings (SSSR count). The van der Waals surface area contributed by atoms with Gasteiger partial charge < -0.3 is 9.64 Å². The number of carbonyl (C=O) groups excluding carboxylic acids is 1. The third-order valence-corrected chi connectivity index (χ3v) is 4.71. The molecule has 0 radical (unpaired) electrons. The summed E-state index contributed by atoms with van der Waals surface area (Å²) in [5.41, 5.74) is 2.16. The topological polar surface area (TPSA) is 55.3 Å². The van der Waals surface area contributed by atoms with E-state index in [9.17, 15) is 9.18 Å². The SMILES string of the molecule is Cc1cncnc1C1CCN(C(=O)COc2ccc(F)c(Cl)c2)CC1. The van der Waals surface area contributed by atoms with Crippen LogP contribution in [-0.4, -0.2) is 40.5 Å². The molecule has 0 unspecified atom stereocenters. The number of likely N-dealkylation sites (tertiary alicyclic amines) is 1. The summed E-state index contributed by atoms with van der Waals surface area (Å²) in [5.74, 6) is 0.135. The van der Waals surface area contributed by atoms with Crippen molar-refractivity contribution in [3.05, 3.63) is 52.8 Å². The summed E-state index contributed by atoms with van der Waals surface area (Å²) >= 11 is 5.70. The highest BCUT2D eigenvalue weighted by atomic mass is 35.5. The van der Waals surface area contributed by atoms with Crippen molar-refractivity contribution in [1.29, 1.82) is 0 Å². The largest absolute Gasteiger partial charge is 0.484 e. The van der Waals surface area contributed by atoms with E-state index < -0.39 is 5.82 Å². The van der Waals surface area contributed by atoms with E-state index in [0.29, 0.717) is 24.8 Å². The van der Waals surface area contributed by atoms with Gasteiger partial charge in [0, 0.05) is 37.0 Å². The predicted octanol–water partition coefficient (Wildman–Crippen LogP) is 3.36. The maximum atomic E-state index is 13.1. The number of amides is 1. The van der Waals surface area contributed by atoms with Crippen LogP contribution in [0.15, 0.2) is 30.7 Å². The summed E-state index contributed by atoms with van der Waals surface area (Å²) in [7, 11) is 0. The molecule has 7 heteroatoms. The maximum Gasteiger partial charge on any atom is 0.260 e. The van der Waals surface area contributed by atoms with E-state index in [1.54, 1.807) is 11.2 Å². The van der Waals surface area contributed by atoms with Gasteiger partial charge in [0.1, 0.15) is 17.9 Å². The lowest BCUT2D eigenvalue weighted by molar-refractivity contribution is -0.134. The van der Waals surface area contributed by atoms with Gasteiger partial charge in [0.2, 0.25) is 0 Å². The van der Waals surface area contributed by atoms with Crippen LogP contribution in [-0.2, 0) is 4.79 Å². The molecule has 1 fully saturated rings. The number of aromatic nitrogens is 2. The van der Waals surface area contributed by atoms with Crippen molar-refractivity contribution in [2.75, 3.05) is 19.7 Å². The maximum absolute atomic E-state index is 13.1. The standard InChI is InChI=1S/C18H19ClFN3O2/c1-12-9-21-11-22-18(12)13-4-6-23(7-5-13)17(24)10-25-14-2-3-16(20)15(19)8-14/h2-3,8-9,11,13H,4-7,10H2,1H3. The van der Waals surface area contributed by atoms with Crippen LogP contribution in [0.3, 0.4) is 0 Å². The molecule has 1 aliphatic heterocycles. The highest BCUT2D eigenvalue weighted by Gasteiger charge is 2.25. The minimum absolute atomic E-state index is 0.0222. The van der Waals surface area contributed by atoms with Gasteiger partial charge in [0.15, 0.2) is 6.61 Å². The van der Waals surface area contributed by atoms with Crippen LogP contribution in [0.5, 0.6) is 5.75 Å². The van der Waals surface area contributed by atoms with Crippen molar-refractivity contribution < 1.29 is 13.9 Å². The Morgan fingerprint density at radius 1 is 1.40 bits per heavy atom. The van der Waals surface area contributed by atoms with Gasteiger partial charge in [-0.1, -0.05) is 11.6 Å². The molecule has 5 nitrogen and oxygen atoms in total. The van der Waals surface area contributed by atoms with Crippen LogP contribution >= 0.6 is 11.6 Å². The van der Waals surface area contributed by atoms with Crippen molar-refractivity contribution in [2.24, 2.45) is 0 Å². The summed E-state index contributed by atoms with van der Waals surface area (Å²) < 4.78 is 18.5. The van der Waals surface area contributed by atoms with E-state index in [1.165, 1.54) is 18.2 Å². The molecule has 0 aliphatic carbocycles. The first-order chi connectivity index (χ1) is 12.0. The van der Waals surface area contributed by atoms with Crippen molar-refractivity contribution >= 4 is 17.5 Å². The molecule has 0 spiro atoms. The second-order valence-corrected chi connectivity index (χ2v) is 6.52. The van der Waals surface area contributed by atoms with Gasteiger partial charge >= 0.3 is 0 Å². The molecule has 0 atom stereocenters. The average molecular weight is 364 g/mol. The zero-order valence-electron chi connectivity index (χ0n) is 13.9. The minimum Gasteiger partial charge on any atom is -0.484 e. The number of hydrogen-bond donors (Lipinski definition) is 0. The third kappa shape index (κ3) is 4.25. The molecule has 1 aromatic carbocycles. The molecule has 2 aromatic rings. The third-order valence-electron chi connectivity index (χ3n) is 4.42. The number of piperidine rings is 1. The van der Waals surface area contributed by atoms with E-state index in [1.807, 2.05) is 13.1 Å². The summed E-state index contributed by atoms with van der Waals surface area (Å²) in [6.45, 7) is 3.26. The Hall–Kier alpha value is -2.21. The van der Waals surface area contributed by atoms with Crippen LogP contribution in [0, 0.1) is 12.7 Å². The molecule has 0 bridgehead atoms. The number of nitrogens with zero attached hydrogens (tertiary/aromatic N) is 3. The Morgan fingerprint density at radius 2 is 2.16 bits per heavy atom. The lowest BCUT2D eigenvalue weighted by Crippen LogP contribution is -2.40. The van der Waals surface area contributed by atoms with Gasteiger partial charge in [-0.05, 0) is 37.5 Å². The van der Waals surface area contributed by atoms with Crippen LogP contribution in [0.25, 0.3) is 0 Å². The van der Waals surface area contributed by atoms with Gasteiger partial charge in [-0.3, -0.25) is 4.79 Å². The fraction of sp³-hybridized carbons (Fsp3) is 0.389. The lowest BCUT2D eigenvalue weighted by atomic mass is 9.91. The number of aryl methyl sites for hydroxylation is 1. The van der Waals surface area contributed by atoms with Crippen LogP contribution in [0.4, 0.5) is 4.39 Å². The van der Waals surface area contributed by atoms with Crippen LogP contribution in [0.2, 0.25) is 5.02 Å². The molecule has 1 saturated heterocycles. The molecule has 2 heterocycles. The number of halogens is 2. The molecular formula is C18H19ClFN3O2. The molecule has 1 amide bonds. The van der Waals surface area contributed by atoms with Crippen molar-refractivity contribution in [1.82, 2.24) is 14.9 Å². The van der Waals surface area contributed by atoms with E-state index >= 15 is 0 Å². The zero-order chi connectivity index (χ0) is 17.8. The smallest absolute Gasteiger partial charge is 0.260 e. The van der Waals surface area contributed by atoms with E-state index in [2.05, 4.69) is 9.97 Å². The first-order valence-corrected chi connectivity index (χ1v) is 8.54. The Morgan fingerprint density at radius 3 is 2.84 bits per heavy atom. The lowest BCUT2D eigenvalue weighted by Gasteiger charge is -2.32. The summed E-state index contributed by atoms with van der Waals surface area (Å²) in [6.07, 6.45) is 5.13. The van der Waals surface area contributed by atoms with E-state index in [0.717, 1.165) is 24.1 Å². The quantitative estimate of drug-likeness (QED) is 0.835. The number of rotatable bonds is 4. The Balaban J connectivity index is 1.51. The Kier molecular flexibility index (Phi) is 5.48. The van der Waals surface area contributed by atoms with Crippen molar-refractivity contribution in [3.63, 3.8) is 0 Å². The van der Waals surface area contributed by atoms with E-state index in [-0.39, 0.29) is 17.5 Å². The van der Waals surface area contributed by atoms with E-state index in [4.69, 9.17) is 16.3 Å².